The fourth-order valence-electron chi connectivity index (χ4n) is 2.15. The zero-order valence-electron chi connectivity index (χ0n) is 15.9. The molecule has 2 aromatic rings. The van der Waals surface area contributed by atoms with Gasteiger partial charge in [0.05, 0.1) is 0 Å². The van der Waals surface area contributed by atoms with Crippen LogP contribution in [0, 0.1) is 0 Å². The molecule has 0 saturated heterocycles. The van der Waals surface area contributed by atoms with Crippen LogP contribution in [0.3, 0.4) is 0 Å². The summed E-state index contributed by atoms with van der Waals surface area (Å²) in [5, 5.41) is 0. The lowest BCUT2D eigenvalue weighted by Gasteiger charge is -2.11. The predicted octanol–water partition coefficient (Wildman–Crippen LogP) is 2.19. The van der Waals surface area contributed by atoms with Crippen LogP contribution >= 0.6 is 0 Å². The highest BCUT2D eigenvalue weighted by Gasteiger charge is 2.10. The molecule has 1 heterocycles. The molecule has 1 aromatic carbocycles. The average molecular weight is 357 g/mol. The second-order valence-corrected chi connectivity index (χ2v) is 6.54. The molecule has 0 fully saturated rings. The molecular formula is C20H27N3O3. The highest BCUT2D eigenvalue weighted by Crippen LogP contribution is 2.16. The largest absolute Gasteiger partial charge is 0.492 e. The fourth-order valence-corrected chi connectivity index (χ4v) is 2.15. The zero-order chi connectivity index (χ0) is 18.9. The van der Waals surface area contributed by atoms with Gasteiger partial charge in [0.25, 0.3) is 0 Å². The summed E-state index contributed by atoms with van der Waals surface area (Å²) in [4.78, 5) is 20.8. The molecule has 6 nitrogen and oxygen atoms in total. The molecule has 6 heteroatoms. The Balaban J connectivity index is 1.91. The smallest absolute Gasteiger partial charge is 0.213 e. The molecule has 0 N–H and O–H groups in total. The molecule has 0 aliphatic heterocycles. The number of ether oxygens (including phenoxy) is 2. The van der Waals surface area contributed by atoms with E-state index in [0.29, 0.717) is 30.2 Å². The molecule has 0 bridgehead atoms. The predicted molar refractivity (Wildman–Crippen MR) is 102 cm³/mol. The third kappa shape index (κ3) is 6.46. The van der Waals surface area contributed by atoms with Crippen molar-refractivity contribution < 1.29 is 14.3 Å². The van der Waals surface area contributed by atoms with Gasteiger partial charge in [-0.3, -0.25) is 4.79 Å². The van der Waals surface area contributed by atoms with Crippen molar-refractivity contribution in [3.05, 3.63) is 53.7 Å². The molecule has 0 radical (unpaired) electrons. The van der Waals surface area contributed by atoms with E-state index >= 15 is 0 Å². The first-order valence-electron chi connectivity index (χ1n) is 8.61. The first kappa shape index (κ1) is 19.9. The van der Waals surface area contributed by atoms with E-state index in [1.54, 1.807) is 30.5 Å². The molecule has 0 amide bonds. The molecule has 0 aliphatic rings. The van der Waals surface area contributed by atoms with E-state index in [2.05, 4.69) is 9.88 Å². The molecule has 0 saturated carbocycles. The zero-order valence-corrected chi connectivity index (χ0v) is 15.9. The molecule has 1 aromatic heterocycles. The van der Waals surface area contributed by atoms with Crippen molar-refractivity contribution in [3.63, 3.8) is 0 Å². The standard InChI is InChI=1S/C20H27N3O3/c1-22(2)11-13-25-18-8-5-16(6-9-18)20(24)17-7-10-19(21-15-17)26-14-12-23(3)4/h5-10,15H,11-14H2,1-4H3. The lowest BCUT2D eigenvalue weighted by molar-refractivity contribution is 0.103. The van der Waals surface area contributed by atoms with Gasteiger partial charge in [-0.15, -0.1) is 0 Å². The van der Waals surface area contributed by atoms with Crippen molar-refractivity contribution in [3.8, 4) is 11.6 Å². The Morgan fingerprint density at radius 3 is 1.96 bits per heavy atom. The first-order chi connectivity index (χ1) is 12.5. The van der Waals surface area contributed by atoms with Gasteiger partial charge in [0, 0.05) is 36.5 Å². The van der Waals surface area contributed by atoms with Crippen molar-refractivity contribution in [2.45, 2.75) is 0 Å². The van der Waals surface area contributed by atoms with Gasteiger partial charge in [-0.1, -0.05) is 0 Å². The van der Waals surface area contributed by atoms with Crippen molar-refractivity contribution in [1.82, 2.24) is 14.8 Å². The number of rotatable bonds is 10. The maximum Gasteiger partial charge on any atom is 0.213 e. The van der Waals surface area contributed by atoms with Crippen LogP contribution in [0.25, 0.3) is 0 Å². The summed E-state index contributed by atoms with van der Waals surface area (Å²) in [7, 11) is 7.96. The van der Waals surface area contributed by atoms with Crippen molar-refractivity contribution in [1.29, 1.82) is 0 Å². The summed E-state index contributed by atoms with van der Waals surface area (Å²) in [5.41, 5.74) is 1.14. The second-order valence-electron chi connectivity index (χ2n) is 6.54. The van der Waals surface area contributed by atoms with Gasteiger partial charge in [0.2, 0.25) is 5.88 Å². The van der Waals surface area contributed by atoms with E-state index in [-0.39, 0.29) is 5.78 Å². The Hall–Kier alpha value is -2.44. The molecule has 140 valence electrons. The number of nitrogens with zero attached hydrogens (tertiary/aromatic N) is 3. The quantitative estimate of drug-likeness (QED) is 0.608. The van der Waals surface area contributed by atoms with Gasteiger partial charge in [0.15, 0.2) is 5.78 Å². The normalized spacial score (nSPS) is 11.0. The van der Waals surface area contributed by atoms with E-state index in [1.807, 2.05) is 45.2 Å². The number of carbonyl (C=O) groups excluding carboxylic acids is 1. The van der Waals surface area contributed by atoms with E-state index in [1.165, 1.54) is 0 Å². The van der Waals surface area contributed by atoms with Crippen molar-refractivity contribution in [2.24, 2.45) is 0 Å². The van der Waals surface area contributed by atoms with Gasteiger partial charge in [-0.25, -0.2) is 4.98 Å². The average Bonchev–Trinajstić information content (AvgIpc) is 2.62. The molecule has 26 heavy (non-hydrogen) atoms. The third-order valence-electron chi connectivity index (χ3n) is 3.71. The van der Waals surface area contributed by atoms with Crippen LogP contribution in [0.4, 0.5) is 0 Å². The third-order valence-corrected chi connectivity index (χ3v) is 3.71. The van der Waals surface area contributed by atoms with Gasteiger partial charge in [-0.2, -0.15) is 0 Å². The molecule has 0 atom stereocenters. The van der Waals surface area contributed by atoms with Crippen LogP contribution < -0.4 is 9.47 Å². The molecule has 0 spiro atoms. The van der Waals surface area contributed by atoms with Crippen LogP contribution in [0.2, 0.25) is 0 Å². The van der Waals surface area contributed by atoms with E-state index in [9.17, 15) is 4.79 Å². The van der Waals surface area contributed by atoms with Crippen LogP contribution in [-0.2, 0) is 0 Å². The fraction of sp³-hybridized carbons (Fsp3) is 0.400. The molecule has 0 aliphatic carbocycles. The number of hydrogen-bond donors (Lipinski definition) is 0. The maximum absolute atomic E-state index is 12.5. The highest BCUT2D eigenvalue weighted by molar-refractivity contribution is 6.08. The summed E-state index contributed by atoms with van der Waals surface area (Å²) in [6, 6.07) is 10.6. The Labute approximate surface area is 155 Å². The van der Waals surface area contributed by atoms with Crippen LogP contribution in [0.1, 0.15) is 15.9 Å². The number of likely N-dealkylation sites (N-methyl/N-ethyl adjacent to an activating group) is 2. The Morgan fingerprint density at radius 2 is 1.42 bits per heavy atom. The Bertz CT molecular complexity index is 623. The van der Waals surface area contributed by atoms with Crippen molar-refractivity contribution in [2.75, 3.05) is 54.5 Å². The molecule has 0 unspecified atom stereocenters. The van der Waals surface area contributed by atoms with Gasteiger partial charge < -0.3 is 19.3 Å². The monoisotopic (exact) mass is 357 g/mol. The van der Waals surface area contributed by atoms with E-state index in [4.69, 9.17) is 9.47 Å². The van der Waals surface area contributed by atoms with Crippen LogP contribution in [0.15, 0.2) is 42.6 Å². The Morgan fingerprint density at radius 1 is 0.846 bits per heavy atom. The highest BCUT2D eigenvalue weighted by atomic mass is 16.5. The van der Waals surface area contributed by atoms with E-state index in [0.717, 1.165) is 18.8 Å². The number of aromatic nitrogens is 1. The van der Waals surface area contributed by atoms with Gasteiger partial charge in [-0.05, 0) is 58.5 Å². The maximum atomic E-state index is 12.5. The molecular weight excluding hydrogens is 330 g/mol. The summed E-state index contributed by atoms with van der Waals surface area (Å²) >= 11 is 0. The summed E-state index contributed by atoms with van der Waals surface area (Å²) in [5.74, 6) is 1.20. The number of hydrogen-bond acceptors (Lipinski definition) is 6. The van der Waals surface area contributed by atoms with Crippen LogP contribution in [-0.4, -0.2) is 75.1 Å². The summed E-state index contributed by atoms with van der Waals surface area (Å²) < 4.78 is 11.2. The Kier molecular flexibility index (Phi) is 7.56. The number of carbonyl (C=O) groups is 1. The summed E-state index contributed by atoms with van der Waals surface area (Å²) in [6.07, 6.45) is 1.55. The SMILES string of the molecule is CN(C)CCOc1ccc(C(=O)c2ccc(OCCN(C)C)nc2)cc1. The first-order valence-corrected chi connectivity index (χ1v) is 8.61. The number of pyridine rings is 1. The topological polar surface area (TPSA) is 54.9 Å². The van der Waals surface area contributed by atoms with Gasteiger partial charge in [0.1, 0.15) is 19.0 Å². The van der Waals surface area contributed by atoms with Crippen molar-refractivity contribution >= 4 is 5.78 Å². The van der Waals surface area contributed by atoms with Crippen LogP contribution in [0.5, 0.6) is 11.6 Å². The second kappa shape index (κ2) is 9.89. The summed E-state index contributed by atoms with van der Waals surface area (Å²) in [6.45, 7) is 2.82. The minimum atomic E-state index is -0.0721. The number of ketones is 1. The van der Waals surface area contributed by atoms with Gasteiger partial charge >= 0.3 is 0 Å². The minimum Gasteiger partial charge on any atom is -0.492 e. The lowest BCUT2D eigenvalue weighted by Crippen LogP contribution is -2.19. The molecule has 2 rings (SSSR count). The minimum absolute atomic E-state index is 0.0721. The number of benzene rings is 1. The lowest BCUT2D eigenvalue weighted by atomic mass is 10.1. The van der Waals surface area contributed by atoms with E-state index < -0.39 is 0 Å².